The van der Waals surface area contributed by atoms with Gasteiger partial charge in [0.05, 0.1) is 0 Å². The summed E-state index contributed by atoms with van der Waals surface area (Å²) in [7, 11) is -3.78. The Kier molecular flexibility index (Phi) is 7.62. The molecule has 0 aliphatic rings. The predicted octanol–water partition coefficient (Wildman–Crippen LogP) is 3.66. The van der Waals surface area contributed by atoms with E-state index in [0.717, 1.165) is 22.7 Å². The maximum Gasteiger partial charge on any atom is 0.269 e. The summed E-state index contributed by atoms with van der Waals surface area (Å²) in [6.45, 7) is 0.249. The average Bonchev–Trinajstić information content (AvgIpc) is 3.18. The summed E-state index contributed by atoms with van der Waals surface area (Å²) < 4.78 is 27.0. The minimum absolute atomic E-state index is 0.120. The van der Waals surface area contributed by atoms with Crippen molar-refractivity contribution in [2.75, 3.05) is 17.6 Å². The van der Waals surface area contributed by atoms with Gasteiger partial charge in [0.25, 0.3) is 15.9 Å². The van der Waals surface area contributed by atoms with Crippen LogP contribution in [0.25, 0.3) is 0 Å². The summed E-state index contributed by atoms with van der Waals surface area (Å²) in [5.41, 5.74) is 1.52. The van der Waals surface area contributed by atoms with E-state index in [-0.39, 0.29) is 21.9 Å². The highest BCUT2D eigenvalue weighted by atomic mass is 35.5. The van der Waals surface area contributed by atoms with Crippen molar-refractivity contribution in [3.05, 3.63) is 70.7 Å². The van der Waals surface area contributed by atoms with E-state index in [9.17, 15) is 13.2 Å². The minimum atomic E-state index is -3.78. The van der Waals surface area contributed by atoms with Gasteiger partial charge in [0.1, 0.15) is 0 Å². The first kappa shape index (κ1) is 21.7. The van der Waals surface area contributed by atoms with Gasteiger partial charge in [0, 0.05) is 28.6 Å². The first-order valence-electron chi connectivity index (χ1n) is 8.46. The second kappa shape index (κ2) is 10.2. The van der Waals surface area contributed by atoms with E-state index in [4.69, 9.17) is 11.6 Å². The van der Waals surface area contributed by atoms with E-state index in [1.807, 2.05) is 24.3 Å². The number of carbonyl (C=O) groups is 1. The topological polar surface area (TPSA) is 101 Å². The van der Waals surface area contributed by atoms with Crippen LogP contribution in [0, 0.1) is 0 Å². The zero-order valence-electron chi connectivity index (χ0n) is 15.0. The van der Waals surface area contributed by atoms with Crippen molar-refractivity contribution >= 4 is 55.8 Å². The van der Waals surface area contributed by atoms with Crippen molar-refractivity contribution in [1.82, 2.24) is 14.9 Å². The van der Waals surface area contributed by atoms with Gasteiger partial charge in [-0.25, -0.2) is 13.1 Å². The van der Waals surface area contributed by atoms with Crippen LogP contribution >= 0.6 is 34.7 Å². The van der Waals surface area contributed by atoms with Crippen molar-refractivity contribution in [1.29, 1.82) is 0 Å². The number of aromatic nitrogens is 2. The van der Waals surface area contributed by atoms with Gasteiger partial charge in [0.15, 0.2) is 0 Å². The number of amides is 1. The number of anilines is 1. The van der Waals surface area contributed by atoms with Crippen LogP contribution in [0.2, 0.25) is 5.02 Å². The second-order valence-electron chi connectivity index (χ2n) is 5.77. The Labute approximate surface area is 182 Å². The van der Waals surface area contributed by atoms with Crippen LogP contribution in [-0.4, -0.2) is 36.8 Å². The number of halogens is 1. The maximum absolute atomic E-state index is 12.3. The zero-order chi connectivity index (χ0) is 20.7. The highest BCUT2D eigenvalue weighted by molar-refractivity contribution is 7.98. The summed E-state index contributed by atoms with van der Waals surface area (Å²) in [6.07, 6.45) is 0. The maximum atomic E-state index is 12.3. The Morgan fingerprint density at radius 1 is 1.10 bits per heavy atom. The van der Waals surface area contributed by atoms with Crippen molar-refractivity contribution in [3.8, 4) is 0 Å². The van der Waals surface area contributed by atoms with Crippen molar-refractivity contribution in [3.63, 3.8) is 0 Å². The number of carbonyl (C=O) groups excluding carboxylic acids is 1. The molecule has 3 rings (SSSR count). The second-order valence-corrected chi connectivity index (χ2v) is 10.2. The van der Waals surface area contributed by atoms with E-state index in [0.29, 0.717) is 16.3 Å². The van der Waals surface area contributed by atoms with E-state index >= 15 is 0 Å². The van der Waals surface area contributed by atoms with Gasteiger partial charge in [-0.05, 0) is 29.8 Å². The molecule has 11 heteroatoms. The molecule has 1 heterocycles. The molecule has 0 fully saturated rings. The molecule has 0 bridgehead atoms. The van der Waals surface area contributed by atoms with Crippen LogP contribution in [0.4, 0.5) is 5.13 Å². The molecule has 0 aliphatic carbocycles. The van der Waals surface area contributed by atoms with Crippen LogP contribution in [-0.2, 0) is 15.8 Å². The standard InChI is InChI=1S/C18H17ClN4O3S3/c19-15-8-4-5-13(11-15)12-27-10-9-20-29(25,26)18-23-22-17(28-18)21-16(24)14-6-2-1-3-7-14/h1-8,11,20H,9-10,12H2,(H,21,22,24). The van der Waals surface area contributed by atoms with Gasteiger partial charge in [-0.15, -0.1) is 10.2 Å². The molecule has 0 spiro atoms. The van der Waals surface area contributed by atoms with Crippen molar-refractivity contribution in [2.45, 2.75) is 10.1 Å². The normalized spacial score (nSPS) is 11.3. The Balaban J connectivity index is 1.48. The Bertz CT molecular complexity index is 1070. The number of sulfonamides is 1. The Morgan fingerprint density at radius 2 is 1.90 bits per heavy atom. The smallest absolute Gasteiger partial charge is 0.269 e. The molecule has 1 amide bonds. The lowest BCUT2D eigenvalue weighted by Crippen LogP contribution is -2.26. The predicted molar refractivity (Wildman–Crippen MR) is 117 cm³/mol. The zero-order valence-corrected chi connectivity index (χ0v) is 18.2. The lowest BCUT2D eigenvalue weighted by molar-refractivity contribution is 0.102. The molecule has 2 aromatic carbocycles. The van der Waals surface area contributed by atoms with Gasteiger partial charge in [-0.1, -0.05) is 53.3 Å². The monoisotopic (exact) mass is 468 g/mol. The fraction of sp³-hybridized carbons (Fsp3) is 0.167. The van der Waals surface area contributed by atoms with Crippen LogP contribution in [0.5, 0.6) is 0 Å². The summed E-state index contributed by atoms with van der Waals surface area (Å²) in [4.78, 5) is 12.1. The summed E-state index contributed by atoms with van der Waals surface area (Å²) >= 11 is 8.33. The number of benzene rings is 2. The van der Waals surface area contributed by atoms with Crippen molar-refractivity contribution in [2.24, 2.45) is 0 Å². The number of nitrogens with one attached hydrogen (secondary N) is 2. The summed E-state index contributed by atoms with van der Waals surface area (Å²) in [5.74, 6) is 0.940. The number of nitrogens with zero attached hydrogens (tertiary/aromatic N) is 2. The molecule has 29 heavy (non-hydrogen) atoms. The van der Waals surface area contributed by atoms with Gasteiger partial charge >= 0.3 is 0 Å². The van der Waals surface area contributed by atoms with Gasteiger partial charge < -0.3 is 0 Å². The number of thioether (sulfide) groups is 1. The van der Waals surface area contributed by atoms with Gasteiger partial charge in [-0.3, -0.25) is 10.1 Å². The summed E-state index contributed by atoms with van der Waals surface area (Å²) in [6, 6.07) is 16.1. The third-order valence-corrected chi connectivity index (χ3v) is 7.52. The highest BCUT2D eigenvalue weighted by Crippen LogP contribution is 2.21. The van der Waals surface area contributed by atoms with E-state index in [1.54, 1.807) is 42.1 Å². The molecule has 0 aliphatic heterocycles. The fourth-order valence-corrected chi connectivity index (χ4v) is 5.37. The number of hydrogen-bond acceptors (Lipinski definition) is 7. The molecule has 0 saturated heterocycles. The molecule has 0 saturated carbocycles. The minimum Gasteiger partial charge on any atom is -0.296 e. The average molecular weight is 469 g/mol. The summed E-state index contributed by atoms with van der Waals surface area (Å²) in [5, 5.41) is 10.8. The van der Waals surface area contributed by atoms with Crippen molar-refractivity contribution < 1.29 is 13.2 Å². The van der Waals surface area contributed by atoms with E-state index in [2.05, 4.69) is 20.2 Å². The SMILES string of the molecule is O=C(Nc1nnc(S(=O)(=O)NCCSCc2cccc(Cl)c2)s1)c1ccccc1. The molecule has 0 atom stereocenters. The molecule has 7 nitrogen and oxygen atoms in total. The molecule has 2 N–H and O–H groups in total. The first-order chi connectivity index (χ1) is 13.9. The quantitative estimate of drug-likeness (QED) is 0.367. The Morgan fingerprint density at radius 3 is 2.66 bits per heavy atom. The molecule has 1 aromatic heterocycles. The Hall–Kier alpha value is -1.98. The number of hydrogen-bond donors (Lipinski definition) is 2. The molecule has 3 aromatic rings. The van der Waals surface area contributed by atoms with E-state index < -0.39 is 10.0 Å². The van der Waals surface area contributed by atoms with Crippen LogP contribution in [0.3, 0.4) is 0 Å². The van der Waals surface area contributed by atoms with Crippen LogP contribution < -0.4 is 10.0 Å². The van der Waals surface area contributed by atoms with E-state index in [1.165, 1.54) is 0 Å². The lowest BCUT2D eigenvalue weighted by atomic mass is 10.2. The molecule has 152 valence electrons. The van der Waals surface area contributed by atoms with Crippen LogP contribution in [0.15, 0.2) is 58.9 Å². The van der Waals surface area contributed by atoms with Gasteiger partial charge in [0.2, 0.25) is 9.47 Å². The molecule has 0 radical (unpaired) electrons. The largest absolute Gasteiger partial charge is 0.296 e. The highest BCUT2D eigenvalue weighted by Gasteiger charge is 2.20. The number of rotatable bonds is 9. The molecule has 0 unspecified atom stereocenters. The first-order valence-corrected chi connectivity index (χ1v) is 12.3. The fourth-order valence-electron chi connectivity index (χ4n) is 2.25. The lowest BCUT2D eigenvalue weighted by Gasteiger charge is -2.04. The molecular weight excluding hydrogens is 452 g/mol. The third kappa shape index (κ3) is 6.51. The van der Waals surface area contributed by atoms with Crippen LogP contribution in [0.1, 0.15) is 15.9 Å². The van der Waals surface area contributed by atoms with Gasteiger partial charge in [-0.2, -0.15) is 11.8 Å². The molecular formula is C18H17ClN4O3S3. The third-order valence-electron chi connectivity index (χ3n) is 3.59.